The number of rotatable bonds is 6. The van der Waals surface area contributed by atoms with Crippen molar-refractivity contribution in [2.24, 2.45) is 0 Å². The summed E-state index contributed by atoms with van der Waals surface area (Å²) in [4.78, 5) is 24.6. The van der Waals surface area contributed by atoms with Crippen molar-refractivity contribution in [1.29, 1.82) is 0 Å². The Bertz CT molecular complexity index is 1110. The van der Waals surface area contributed by atoms with Gasteiger partial charge in [-0.2, -0.15) is 0 Å². The molecule has 2 amide bonds. The van der Waals surface area contributed by atoms with Crippen molar-refractivity contribution in [2.45, 2.75) is 17.9 Å². The largest absolute Gasteiger partial charge is 0.463 e. The monoisotopic (exact) mass is 436 g/mol. The SMILES string of the molecule is CCOC(=O)C1=C(CS(=O)(=O)c2ccc(F)cc2)NC(=O)N[C@@H]1c1cccc(F)c1. The molecule has 2 aromatic rings. The molecule has 158 valence electrons. The summed E-state index contributed by atoms with van der Waals surface area (Å²) >= 11 is 0. The molecular formula is C20H18F2N2O5S. The molecule has 1 heterocycles. The fourth-order valence-electron chi connectivity index (χ4n) is 3.03. The molecule has 30 heavy (non-hydrogen) atoms. The van der Waals surface area contributed by atoms with Crippen LogP contribution in [0.4, 0.5) is 13.6 Å². The Balaban J connectivity index is 2.10. The Morgan fingerprint density at radius 1 is 1.10 bits per heavy atom. The van der Waals surface area contributed by atoms with Gasteiger partial charge >= 0.3 is 12.0 Å². The zero-order valence-corrected chi connectivity index (χ0v) is 16.6. The Morgan fingerprint density at radius 3 is 2.43 bits per heavy atom. The van der Waals surface area contributed by atoms with Crippen LogP contribution in [0.1, 0.15) is 18.5 Å². The number of nitrogens with one attached hydrogen (secondary N) is 2. The number of esters is 1. The smallest absolute Gasteiger partial charge is 0.338 e. The van der Waals surface area contributed by atoms with E-state index in [2.05, 4.69) is 10.6 Å². The normalized spacial score (nSPS) is 16.6. The average molecular weight is 436 g/mol. The van der Waals surface area contributed by atoms with Crippen molar-refractivity contribution in [3.05, 3.63) is 77.0 Å². The van der Waals surface area contributed by atoms with E-state index in [-0.39, 0.29) is 28.3 Å². The van der Waals surface area contributed by atoms with E-state index in [0.29, 0.717) is 0 Å². The maximum absolute atomic E-state index is 13.7. The average Bonchev–Trinajstić information content (AvgIpc) is 2.67. The zero-order chi connectivity index (χ0) is 21.9. The first-order chi connectivity index (χ1) is 14.2. The number of carbonyl (C=O) groups is 2. The number of benzene rings is 2. The minimum atomic E-state index is -4.04. The highest BCUT2D eigenvalue weighted by Crippen LogP contribution is 2.29. The van der Waals surface area contributed by atoms with Gasteiger partial charge in [0.05, 0.1) is 28.9 Å². The molecule has 1 aliphatic rings. The molecular weight excluding hydrogens is 418 g/mol. The highest BCUT2D eigenvalue weighted by atomic mass is 32.2. The number of carbonyl (C=O) groups excluding carboxylic acids is 2. The third kappa shape index (κ3) is 4.65. The van der Waals surface area contributed by atoms with Crippen molar-refractivity contribution in [3.63, 3.8) is 0 Å². The third-order valence-corrected chi connectivity index (χ3v) is 6.00. The molecule has 10 heteroatoms. The molecule has 0 unspecified atom stereocenters. The summed E-state index contributed by atoms with van der Waals surface area (Å²) in [6, 6.07) is 7.48. The van der Waals surface area contributed by atoms with Crippen molar-refractivity contribution in [2.75, 3.05) is 12.4 Å². The lowest BCUT2D eigenvalue weighted by Crippen LogP contribution is -2.47. The molecule has 1 atom stereocenters. The second kappa shape index (κ2) is 8.62. The summed E-state index contributed by atoms with van der Waals surface area (Å²) < 4.78 is 57.5. The molecule has 2 N–H and O–H groups in total. The van der Waals surface area contributed by atoms with Crippen LogP contribution in [0, 0.1) is 11.6 Å². The second-order valence-electron chi connectivity index (χ2n) is 6.41. The molecule has 1 aliphatic heterocycles. The van der Waals surface area contributed by atoms with Gasteiger partial charge in [-0.1, -0.05) is 12.1 Å². The van der Waals surface area contributed by atoms with Crippen molar-refractivity contribution in [3.8, 4) is 0 Å². The van der Waals surface area contributed by atoms with Crippen molar-refractivity contribution < 1.29 is 31.5 Å². The third-order valence-electron chi connectivity index (χ3n) is 4.34. The lowest BCUT2D eigenvalue weighted by Gasteiger charge is -2.29. The molecule has 2 aromatic carbocycles. The fraction of sp³-hybridized carbons (Fsp3) is 0.200. The van der Waals surface area contributed by atoms with E-state index in [1.54, 1.807) is 6.92 Å². The maximum Gasteiger partial charge on any atom is 0.338 e. The molecule has 7 nitrogen and oxygen atoms in total. The van der Waals surface area contributed by atoms with Crippen LogP contribution >= 0.6 is 0 Å². The molecule has 0 saturated carbocycles. The van der Waals surface area contributed by atoms with Gasteiger partial charge in [-0.05, 0) is 48.9 Å². The summed E-state index contributed by atoms with van der Waals surface area (Å²) in [5.41, 5.74) is -0.117. The number of amides is 2. The lowest BCUT2D eigenvalue weighted by atomic mass is 9.95. The Kier molecular flexibility index (Phi) is 6.16. The van der Waals surface area contributed by atoms with Gasteiger partial charge in [-0.3, -0.25) is 0 Å². The van der Waals surface area contributed by atoms with Crippen LogP contribution in [0.3, 0.4) is 0 Å². The quantitative estimate of drug-likeness (QED) is 0.536. The van der Waals surface area contributed by atoms with E-state index in [9.17, 15) is 26.8 Å². The van der Waals surface area contributed by atoms with Crippen molar-refractivity contribution in [1.82, 2.24) is 10.6 Å². The predicted molar refractivity (Wildman–Crippen MR) is 103 cm³/mol. The van der Waals surface area contributed by atoms with Crippen LogP contribution in [-0.2, 0) is 19.4 Å². The number of hydrogen-bond donors (Lipinski definition) is 2. The zero-order valence-electron chi connectivity index (χ0n) is 15.8. The number of halogens is 2. The summed E-state index contributed by atoms with van der Waals surface area (Å²) in [5.74, 6) is -2.80. The van der Waals surface area contributed by atoms with Crippen LogP contribution in [0.25, 0.3) is 0 Å². The number of hydrogen-bond acceptors (Lipinski definition) is 5. The van der Waals surface area contributed by atoms with Gasteiger partial charge < -0.3 is 15.4 Å². The van der Waals surface area contributed by atoms with Gasteiger partial charge in [0.15, 0.2) is 9.84 Å². The van der Waals surface area contributed by atoms with Gasteiger partial charge in [0.25, 0.3) is 0 Å². The first kappa shape index (κ1) is 21.4. The highest BCUT2D eigenvalue weighted by Gasteiger charge is 2.35. The van der Waals surface area contributed by atoms with Crippen LogP contribution in [-0.4, -0.2) is 32.8 Å². The molecule has 0 aromatic heterocycles. The molecule has 0 spiro atoms. The van der Waals surface area contributed by atoms with E-state index in [4.69, 9.17) is 4.74 Å². The maximum atomic E-state index is 13.7. The Morgan fingerprint density at radius 2 is 1.80 bits per heavy atom. The summed E-state index contributed by atoms with van der Waals surface area (Å²) in [5, 5.41) is 4.83. The number of ether oxygens (including phenoxy) is 1. The van der Waals surface area contributed by atoms with Gasteiger partial charge in [0.2, 0.25) is 0 Å². The topological polar surface area (TPSA) is 102 Å². The van der Waals surface area contributed by atoms with Gasteiger partial charge in [0, 0.05) is 5.70 Å². The van der Waals surface area contributed by atoms with Gasteiger partial charge in [-0.25, -0.2) is 26.8 Å². The number of urea groups is 1. The van der Waals surface area contributed by atoms with Crippen LogP contribution in [0.15, 0.2) is 64.7 Å². The lowest BCUT2D eigenvalue weighted by molar-refractivity contribution is -0.139. The standard InChI is InChI=1S/C20H18F2N2O5S/c1-2-29-19(25)17-16(11-30(27,28)15-8-6-13(21)7-9-15)23-20(26)24-18(17)12-4-3-5-14(22)10-12/h3-10,18H,2,11H2,1H3,(H2,23,24,26)/t18-/m1/s1. The highest BCUT2D eigenvalue weighted by molar-refractivity contribution is 7.91. The molecule has 0 bridgehead atoms. The first-order valence-electron chi connectivity index (χ1n) is 8.92. The van der Waals surface area contributed by atoms with Crippen LogP contribution < -0.4 is 10.6 Å². The predicted octanol–water partition coefficient (Wildman–Crippen LogP) is 2.61. The van der Waals surface area contributed by atoms with Crippen molar-refractivity contribution >= 4 is 21.8 Å². The van der Waals surface area contributed by atoms with E-state index < -0.39 is 45.3 Å². The molecule has 0 radical (unpaired) electrons. The van der Waals surface area contributed by atoms with E-state index in [1.807, 2.05) is 0 Å². The molecule has 0 fully saturated rings. The minimum absolute atomic E-state index is 0.00411. The van der Waals surface area contributed by atoms with E-state index in [0.717, 1.165) is 30.3 Å². The molecule has 0 aliphatic carbocycles. The van der Waals surface area contributed by atoms with E-state index >= 15 is 0 Å². The second-order valence-corrected chi connectivity index (χ2v) is 8.40. The number of sulfone groups is 1. The Labute approximate surface area is 171 Å². The van der Waals surface area contributed by atoms with Crippen LogP contribution in [0.5, 0.6) is 0 Å². The fourth-order valence-corrected chi connectivity index (χ4v) is 4.36. The minimum Gasteiger partial charge on any atom is -0.463 e. The summed E-state index contributed by atoms with van der Waals surface area (Å²) in [7, 11) is -4.04. The summed E-state index contributed by atoms with van der Waals surface area (Å²) in [6.45, 7) is 1.57. The molecule has 3 rings (SSSR count). The van der Waals surface area contributed by atoms with E-state index in [1.165, 1.54) is 18.2 Å². The van der Waals surface area contributed by atoms with Gasteiger partial charge in [-0.15, -0.1) is 0 Å². The molecule has 0 saturated heterocycles. The first-order valence-corrected chi connectivity index (χ1v) is 10.6. The van der Waals surface area contributed by atoms with Crippen LogP contribution in [0.2, 0.25) is 0 Å². The summed E-state index contributed by atoms with van der Waals surface area (Å²) in [6.07, 6.45) is 0. The van der Waals surface area contributed by atoms with Gasteiger partial charge in [0.1, 0.15) is 11.6 Å². The Hall–Kier alpha value is -3.27.